The molecule has 2 amide bonds. The quantitative estimate of drug-likeness (QED) is 0.814. The predicted octanol–water partition coefficient (Wildman–Crippen LogP) is 0.510. The summed E-state index contributed by atoms with van der Waals surface area (Å²) in [5.41, 5.74) is 0.577. The van der Waals surface area contributed by atoms with Gasteiger partial charge in [-0.05, 0) is 26.7 Å². The summed E-state index contributed by atoms with van der Waals surface area (Å²) in [6, 6.07) is 0. The normalized spacial score (nSPS) is 20.1. The molecular weight excluding hydrogens is 334 g/mol. The molecular formula is C18H27N5O3. The van der Waals surface area contributed by atoms with Gasteiger partial charge < -0.3 is 20.2 Å². The van der Waals surface area contributed by atoms with Gasteiger partial charge in [-0.25, -0.2) is 9.97 Å². The summed E-state index contributed by atoms with van der Waals surface area (Å²) in [6.45, 7) is 6.85. The van der Waals surface area contributed by atoms with Crippen LogP contribution in [0.4, 0.5) is 5.82 Å². The third-order valence-corrected chi connectivity index (χ3v) is 5.13. The van der Waals surface area contributed by atoms with Gasteiger partial charge in [0, 0.05) is 45.1 Å². The Labute approximate surface area is 153 Å². The Morgan fingerprint density at radius 2 is 1.96 bits per heavy atom. The average molecular weight is 361 g/mol. The molecule has 0 aromatic carbocycles. The lowest BCUT2D eigenvalue weighted by Crippen LogP contribution is -2.44. The molecule has 2 aliphatic rings. The van der Waals surface area contributed by atoms with Crippen LogP contribution in [-0.4, -0.2) is 69.0 Å². The molecule has 1 aromatic rings. The smallest absolute Gasteiger partial charge is 0.253 e. The number of carbonyl (C=O) groups is 2. The Balaban J connectivity index is 1.84. The van der Waals surface area contributed by atoms with Gasteiger partial charge in [0.15, 0.2) is 0 Å². The number of carbonyl (C=O) groups excluding carboxylic acids is 2. The molecule has 8 nitrogen and oxygen atoms in total. The van der Waals surface area contributed by atoms with E-state index in [9.17, 15) is 14.7 Å². The Morgan fingerprint density at radius 3 is 2.58 bits per heavy atom. The van der Waals surface area contributed by atoms with E-state index >= 15 is 0 Å². The molecule has 0 bridgehead atoms. The second-order valence-corrected chi connectivity index (χ2v) is 7.59. The predicted molar refractivity (Wildman–Crippen MR) is 96.6 cm³/mol. The van der Waals surface area contributed by atoms with Crippen LogP contribution >= 0.6 is 0 Å². The molecule has 0 aliphatic carbocycles. The van der Waals surface area contributed by atoms with Crippen LogP contribution in [0.15, 0.2) is 0 Å². The number of nitrogens with zero attached hydrogens (tertiary/aromatic N) is 4. The number of rotatable bonds is 3. The summed E-state index contributed by atoms with van der Waals surface area (Å²) >= 11 is 0. The molecule has 3 heterocycles. The summed E-state index contributed by atoms with van der Waals surface area (Å²) in [7, 11) is 1.84. The molecule has 1 saturated heterocycles. The highest BCUT2D eigenvalue weighted by Gasteiger charge is 2.36. The fourth-order valence-corrected chi connectivity index (χ4v) is 3.65. The molecule has 2 aliphatic heterocycles. The fraction of sp³-hybridized carbons (Fsp3) is 0.667. The zero-order valence-electron chi connectivity index (χ0n) is 15.9. The van der Waals surface area contributed by atoms with Crippen LogP contribution in [0.3, 0.4) is 0 Å². The van der Waals surface area contributed by atoms with Gasteiger partial charge >= 0.3 is 0 Å². The van der Waals surface area contributed by atoms with E-state index in [2.05, 4.69) is 10.3 Å². The molecule has 1 aromatic heterocycles. The summed E-state index contributed by atoms with van der Waals surface area (Å²) in [5, 5.41) is 13.1. The maximum Gasteiger partial charge on any atom is 0.253 e. The van der Waals surface area contributed by atoms with E-state index in [-0.39, 0.29) is 17.7 Å². The van der Waals surface area contributed by atoms with Gasteiger partial charge in [-0.15, -0.1) is 0 Å². The summed E-state index contributed by atoms with van der Waals surface area (Å²) in [4.78, 5) is 36.9. The average Bonchev–Trinajstić information content (AvgIpc) is 3.08. The van der Waals surface area contributed by atoms with Crippen LogP contribution in [0.5, 0.6) is 0 Å². The molecule has 2 N–H and O–H groups in total. The summed E-state index contributed by atoms with van der Waals surface area (Å²) in [5.74, 6) is 1.32. The Kier molecular flexibility index (Phi) is 4.88. The van der Waals surface area contributed by atoms with Crippen LogP contribution in [-0.2, 0) is 22.6 Å². The third kappa shape index (κ3) is 3.51. The zero-order valence-corrected chi connectivity index (χ0v) is 15.9. The number of likely N-dealkylation sites (tertiary alicyclic amines) is 1. The molecule has 0 radical (unpaired) electrons. The van der Waals surface area contributed by atoms with Gasteiger partial charge in [0.05, 0.1) is 12.2 Å². The molecule has 1 fully saturated rings. The second kappa shape index (κ2) is 6.83. The van der Waals surface area contributed by atoms with Gasteiger partial charge in [-0.1, -0.05) is 0 Å². The maximum absolute atomic E-state index is 12.3. The largest absolute Gasteiger partial charge is 0.381 e. The first-order valence-corrected chi connectivity index (χ1v) is 9.05. The van der Waals surface area contributed by atoms with Crippen molar-refractivity contribution in [2.45, 2.75) is 51.7 Å². The monoisotopic (exact) mass is 361 g/mol. The van der Waals surface area contributed by atoms with E-state index in [1.54, 1.807) is 16.7 Å². The van der Waals surface area contributed by atoms with Crippen molar-refractivity contribution >= 4 is 17.6 Å². The van der Waals surface area contributed by atoms with Gasteiger partial charge in [-0.3, -0.25) is 9.59 Å². The third-order valence-electron chi connectivity index (χ3n) is 5.13. The fourth-order valence-electron chi connectivity index (χ4n) is 3.65. The molecule has 1 atom stereocenters. The summed E-state index contributed by atoms with van der Waals surface area (Å²) < 4.78 is 0. The number of aliphatic hydroxyl groups is 1. The summed E-state index contributed by atoms with van der Waals surface area (Å²) in [6.07, 6.45) is 1.50. The van der Waals surface area contributed by atoms with Crippen LogP contribution < -0.4 is 5.32 Å². The highest BCUT2D eigenvalue weighted by molar-refractivity contribution is 5.84. The molecule has 8 heteroatoms. The van der Waals surface area contributed by atoms with E-state index in [1.165, 1.54) is 13.8 Å². The van der Waals surface area contributed by atoms with E-state index in [0.29, 0.717) is 32.0 Å². The molecule has 0 saturated carbocycles. The first-order valence-electron chi connectivity index (χ1n) is 9.05. The number of hydrogen-bond donors (Lipinski definition) is 2. The van der Waals surface area contributed by atoms with Gasteiger partial charge in [0.2, 0.25) is 5.91 Å². The Hall–Kier alpha value is -2.22. The van der Waals surface area contributed by atoms with E-state index in [1.807, 2.05) is 7.05 Å². The van der Waals surface area contributed by atoms with Crippen molar-refractivity contribution in [1.82, 2.24) is 19.8 Å². The van der Waals surface area contributed by atoms with Crippen molar-refractivity contribution in [3.05, 3.63) is 17.1 Å². The first kappa shape index (κ1) is 18.6. The van der Waals surface area contributed by atoms with Crippen molar-refractivity contribution in [1.29, 1.82) is 0 Å². The minimum Gasteiger partial charge on any atom is -0.381 e. The standard InChI is InChI=1S/C18H27N5O3/c1-11(24)22-8-6-13-14(10-22)20-15(21-16(13)19-4)12-5-7-23(9-12)17(25)18(2,3)26/h12,26H,5-10H2,1-4H3,(H,19,20,21)/t12-/m0/s1. The number of amides is 2. The van der Waals surface area contributed by atoms with Crippen LogP contribution in [0.1, 0.15) is 50.2 Å². The van der Waals surface area contributed by atoms with Crippen molar-refractivity contribution < 1.29 is 14.7 Å². The van der Waals surface area contributed by atoms with Crippen LogP contribution in [0, 0.1) is 0 Å². The number of hydrogen-bond acceptors (Lipinski definition) is 6. The molecule has 26 heavy (non-hydrogen) atoms. The number of nitrogens with one attached hydrogen (secondary N) is 1. The van der Waals surface area contributed by atoms with E-state index < -0.39 is 5.60 Å². The maximum atomic E-state index is 12.3. The molecule has 0 spiro atoms. The second-order valence-electron chi connectivity index (χ2n) is 7.59. The van der Waals surface area contributed by atoms with Gasteiger partial charge in [-0.2, -0.15) is 0 Å². The number of aromatic nitrogens is 2. The first-order chi connectivity index (χ1) is 12.2. The van der Waals surface area contributed by atoms with E-state index in [4.69, 9.17) is 4.98 Å². The number of fused-ring (bicyclic) bond motifs is 1. The lowest BCUT2D eigenvalue weighted by atomic mass is 10.0. The minimum absolute atomic E-state index is 0.0337. The molecule has 0 unspecified atom stereocenters. The highest BCUT2D eigenvalue weighted by Crippen LogP contribution is 2.30. The molecule has 3 rings (SSSR count). The SMILES string of the molecule is CNc1nc([C@H]2CCN(C(=O)C(C)(C)O)C2)nc2c1CCN(C(C)=O)C2. The lowest BCUT2D eigenvalue weighted by molar-refractivity contribution is -0.146. The van der Waals surface area contributed by atoms with Gasteiger partial charge in [0.25, 0.3) is 5.91 Å². The molecule has 142 valence electrons. The topological polar surface area (TPSA) is 98.7 Å². The van der Waals surface area contributed by atoms with Crippen molar-refractivity contribution in [2.75, 3.05) is 32.0 Å². The van der Waals surface area contributed by atoms with E-state index in [0.717, 1.165) is 29.9 Å². The Morgan fingerprint density at radius 1 is 1.23 bits per heavy atom. The van der Waals surface area contributed by atoms with Crippen molar-refractivity contribution in [3.8, 4) is 0 Å². The van der Waals surface area contributed by atoms with Gasteiger partial charge in [0.1, 0.15) is 17.2 Å². The zero-order chi connectivity index (χ0) is 19.1. The highest BCUT2D eigenvalue weighted by atomic mass is 16.3. The number of anilines is 1. The lowest BCUT2D eigenvalue weighted by Gasteiger charge is -2.29. The minimum atomic E-state index is -1.37. The van der Waals surface area contributed by atoms with Crippen molar-refractivity contribution in [2.24, 2.45) is 0 Å². The van der Waals surface area contributed by atoms with Crippen molar-refractivity contribution in [3.63, 3.8) is 0 Å². The van der Waals surface area contributed by atoms with Crippen LogP contribution in [0.2, 0.25) is 0 Å². The Bertz CT molecular complexity index is 728. The van der Waals surface area contributed by atoms with Crippen LogP contribution in [0.25, 0.3) is 0 Å².